The molecule has 6 nitrogen and oxygen atoms in total. The fourth-order valence-corrected chi connectivity index (χ4v) is 3.93. The Kier molecular flexibility index (Phi) is 5.76. The number of H-pyrrole nitrogens is 1. The van der Waals surface area contributed by atoms with Crippen LogP contribution in [0.5, 0.6) is 5.88 Å². The second-order valence-electron chi connectivity index (χ2n) is 7.50. The summed E-state index contributed by atoms with van der Waals surface area (Å²) < 4.78 is 5.28. The van der Waals surface area contributed by atoms with Gasteiger partial charge in [-0.2, -0.15) is 4.98 Å². The number of hydrogen-bond donors (Lipinski definition) is 1. The van der Waals surface area contributed by atoms with Gasteiger partial charge in [-0.1, -0.05) is 18.2 Å². The van der Waals surface area contributed by atoms with Crippen molar-refractivity contribution >= 4 is 16.9 Å². The Morgan fingerprint density at radius 3 is 2.71 bits per heavy atom. The van der Waals surface area contributed by atoms with Crippen LogP contribution >= 0.6 is 0 Å². The molecule has 1 fully saturated rings. The number of unbranched alkanes of at least 4 members (excludes halogenated alkanes) is 1. The van der Waals surface area contributed by atoms with Gasteiger partial charge < -0.3 is 14.6 Å². The van der Waals surface area contributed by atoms with Gasteiger partial charge in [-0.3, -0.25) is 4.90 Å². The number of rotatable bonds is 7. The van der Waals surface area contributed by atoms with Crippen molar-refractivity contribution in [3.63, 3.8) is 0 Å². The van der Waals surface area contributed by atoms with Crippen molar-refractivity contribution < 1.29 is 4.74 Å². The highest BCUT2D eigenvalue weighted by Crippen LogP contribution is 2.20. The van der Waals surface area contributed by atoms with Crippen LogP contribution < -0.4 is 9.64 Å². The van der Waals surface area contributed by atoms with E-state index in [2.05, 4.69) is 55.2 Å². The molecule has 1 aromatic carbocycles. The lowest BCUT2D eigenvalue weighted by Crippen LogP contribution is -2.47. The lowest BCUT2D eigenvalue weighted by molar-refractivity contribution is 0.251. The molecule has 0 aliphatic carbocycles. The van der Waals surface area contributed by atoms with Gasteiger partial charge in [0.15, 0.2) is 0 Å². The van der Waals surface area contributed by atoms with E-state index < -0.39 is 0 Å². The number of para-hydroxylation sites is 1. The van der Waals surface area contributed by atoms with Gasteiger partial charge in [0.2, 0.25) is 11.8 Å². The highest BCUT2D eigenvalue weighted by molar-refractivity contribution is 5.82. The van der Waals surface area contributed by atoms with Gasteiger partial charge in [-0.15, -0.1) is 0 Å². The van der Waals surface area contributed by atoms with E-state index >= 15 is 0 Å². The number of fused-ring (bicyclic) bond motifs is 1. The van der Waals surface area contributed by atoms with E-state index in [1.165, 1.54) is 29.3 Å². The number of methoxy groups -OCH3 is 1. The first-order valence-electron chi connectivity index (χ1n) is 10.1. The molecule has 2 aromatic heterocycles. The number of anilines is 1. The van der Waals surface area contributed by atoms with Crippen LogP contribution in [0.1, 0.15) is 24.1 Å². The van der Waals surface area contributed by atoms with Crippen LogP contribution in [0.25, 0.3) is 10.9 Å². The van der Waals surface area contributed by atoms with Crippen molar-refractivity contribution in [3.8, 4) is 5.88 Å². The van der Waals surface area contributed by atoms with Crippen molar-refractivity contribution in [1.29, 1.82) is 0 Å². The summed E-state index contributed by atoms with van der Waals surface area (Å²) in [6.45, 7) is 7.20. The van der Waals surface area contributed by atoms with Crippen LogP contribution in [0.2, 0.25) is 0 Å². The zero-order valence-electron chi connectivity index (χ0n) is 16.8. The number of hydrogen-bond acceptors (Lipinski definition) is 5. The molecule has 3 heterocycles. The minimum Gasteiger partial charge on any atom is -0.481 e. The number of ether oxygens (including phenoxy) is 1. The van der Waals surface area contributed by atoms with Crippen LogP contribution in [-0.2, 0) is 6.42 Å². The molecule has 0 amide bonds. The topological polar surface area (TPSA) is 57.3 Å². The van der Waals surface area contributed by atoms with E-state index in [1.54, 1.807) is 7.11 Å². The lowest BCUT2D eigenvalue weighted by atomic mass is 10.1. The molecular formula is C22H29N5O. The van der Waals surface area contributed by atoms with Gasteiger partial charge in [0.1, 0.15) is 0 Å². The Bertz CT molecular complexity index is 914. The average molecular weight is 380 g/mol. The summed E-state index contributed by atoms with van der Waals surface area (Å²) in [4.78, 5) is 17.3. The van der Waals surface area contributed by atoms with Crippen molar-refractivity contribution in [1.82, 2.24) is 19.9 Å². The van der Waals surface area contributed by atoms with E-state index in [0.717, 1.165) is 50.8 Å². The summed E-state index contributed by atoms with van der Waals surface area (Å²) in [6, 6.07) is 10.4. The number of aromatic nitrogens is 3. The Hall–Kier alpha value is -2.60. The van der Waals surface area contributed by atoms with Gasteiger partial charge in [-0.05, 0) is 44.4 Å². The van der Waals surface area contributed by atoms with Gasteiger partial charge in [0, 0.05) is 55.0 Å². The van der Waals surface area contributed by atoms with Crippen molar-refractivity contribution in [3.05, 3.63) is 47.8 Å². The van der Waals surface area contributed by atoms with Crippen LogP contribution in [0.4, 0.5) is 5.95 Å². The maximum absolute atomic E-state index is 5.28. The summed E-state index contributed by atoms with van der Waals surface area (Å²) in [7, 11) is 1.65. The summed E-state index contributed by atoms with van der Waals surface area (Å²) in [5.41, 5.74) is 3.62. The molecule has 1 saturated heterocycles. The smallest absolute Gasteiger partial charge is 0.228 e. The average Bonchev–Trinajstić information content (AvgIpc) is 3.14. The second-order valence-corrected chi connectivity index (χ2v) is 7.50. The molecular weight excluding hydrogens is 350 g/mol. The molecule has 0 saturated carbocycles. The molecule has 28 heavy (non-hydrogen) atoms. The number of nitrogens with zero attached hydrogens (tertiary/aromatic N) is 4. The van der Waals surface area contributed by atoms with Crippen LogP contribution in [0.3, 0.4) is 0 Å². The Balaban J connectivity index is 1.22. The summed E-state index contributed by atoms with van der Waals surface area (Å²) in [5, 5.41) is 1.37. The number of piperazine rings is 1. The second kappa shape index (κ2) is 8.61. The third kappa shape index (κ3) is 4.28. The largest absolute Gasteiger partial charge is 0.481 e. The third-order valence-corrected chi connectivity index (χ3v) is 5.53. The van der Waals surface area contributed by atoms with Crippen LogP contribution in [0.15, 0.2) is 36.5 Å². The first kappa shape index (κ1) is 18.7. The highest BCUT2D eigenvalue weighted by Gasteiger charge is 2.19. The number of nitrogens with one attached hydrogen (secondary N) is 1. The minimum absolute atomic E-state index is 0.641. The summed E-state index contributed by atoms with van der Waals surface area (Å²) in [5.74, 6) is 1.43. The van der Waals surface area contributed by atoms with E-state index in [0.29, 0.717) is 5.88 Å². The van der Waals surface area contributed by atoms with Crippen molar-refractivity contribution in [2.24, 2.45) is 0 Å². The van der Waals surface area contributed by atoms with Gasteiger partial charge in [0.05, 0.1) is 7.11 Å². The molecule has 0 bridgehead atoms. The fraction of sp³-hybridized carbons (Fsp3) is 0.455. The molecule has 4 rings (SSSR count). The molecule has 148 valence electrons. The number of aromatic amines is 1. The molecule has 6 heteroatoms. The third-order valence-electron chi connectivity index (χ3n) is 5.53. The van der Waals surface area contributed by atoms with Crippen LogP contribution in [-0.4, -0.2) is 59.7 Å². The van der Waals surface area contributed by atoms with E-state index in [-0.39, 0.29) is 0 Å². The monoisotopic (exact) mass is 379 g/mol. The normalized spacial score (nSPS) is 15.3. The first-order valence-corrected chi connectivity index (χ1v) is 10.1. The highest BCUT2D eigenvalue weighted by atomic mass is 16.5. The van der Waals surface area contributed by atoms with E-state index in [1.807, 2.05) is 13.0 Å². The molecule has 1 aliphatic rings. The zero-order chi connectivity index (χ0) is 19.3. The Labute approximate surface area is 166 Å². The fourth-order valence-electron chi connectivity index (χ4n) is 3.93. The molecule has 1 N–H and O–H groups in total. The maximum atomic E-state index is 5.28. The first-order chi connectivity index (χ1) is 13.7. The SMILES string of the molecule is COc1cc(C)nc(N2CCN(CCCCc3c[nH]c4ccccc34)CC2)n1. The predicted molar refractivity (Wildman–Crippen MR) is 113 cm³/mol. The van der Waals surface area contributed by atoms with Gasteiger partial charge in [0.25, 0.3) is 0 Å². The Morgan fingerprint density at radius 1 is 1.07 bits per heavy atom. The molecule has 0 unspecified atom stereocenters. The summed E-state index contributed by atoms with van der Waals surface area (Å²) >= 11 is 0. The van der Waals surface area contributed by atoms with Gasteiger partial charge in [-0.25, -0.2) is 4.98 Å². The number of aryl methyl sites for hydroxylation is 2. The Morgan fingerprint density at radius 2 is 1.89 bits per heavy atom. The molecule has 0 atom stereocenters. The standard InChI is InChI=1S/C22H29N5O/c1-17-15-21(28-2)25-22(24-17)27-13-11-26(12-14-27)10-6-5-7-18-16-23-20-9-4-3-8-19(18)20/h3-4,8-9,15-16,23H,5-7,10-14H2,1-2H3. The number of benzene rings is 1. The van der Waals surface area contributed by atoms with E-state index in [4.69, 9.17) is 4.74 Å². The minimum atomic E-state index is 0.641. The molecule has 1 aliphatic heterocycles. The van der Waals surface area contributed by atoms with Gasteiger partial charge >= 0.3 is 0 Å². The predicted octanol–water partition coefficient (Wildman–Crippen LogP) is 3.42. The quantitative estimate of drug-likeness (QED) is 0.638. The zero-order valence-corrected chi connectivity index (χ0v) is 16.8. The molecule has 0 radical (unpaired) electrons. The maximum Gasteiger partial charge on any atom is 0.228 e. The van der Waals surface area contributed by atoms with Crippen molar-refractivity contribution in [2.45, 2.75) is 26.2 Å². The lowest BCUT2D eigenvalue weighted by Gasteiger charge is -2.34. The van der Waals surface area contributed by atoms with Crippen molar-refractivity contribution in [2.75, 3.05) is 44.7 Å². The molecule has 0 spiro atoms. The van der Waals surface area contributed by atoms with Crippen LogP contribution in [0, 0.1) is 6.92 Å². The van der Waals surface area contributed by atoms with E-state index in [9.17, 15) is 0 Å². The summed E-state index contributed by atoms with van der Waals surface area (Å²) in [6.07, 6.45) is 5.76. The molecule has 3 aromatic rings.